The minimum absolute atomic E-state index is 0.0623. The van der Waals surface area contributed by atoms with Crippen LogP contribution in [0.25, 0.3) is 5.69 Å². The molecule has 112 valence electrons. The van der Waals surface area contributed by atoms with Gasteiger partial charge < -0.3 is 9.64 Å². The van der Waals surface area contributed by atoms with Crippen molar-refractivity contribution >= 4 is 17.5 Å². The van der Waals surface area contributed by atoms with Gasteiger partial charge in [0, 0.05) is 13.1 Å². The number of likely N-dealkylation sites (N-methyl/N-ethyl adjacent to an activating group) is 1. The van der Waals surface area contributed by atoms with Crippen molar-refractivity contribution in [2.45, 2.75) is 13.8 Å². The standard InChI is InChI=1S/C15H18ClN3O2/c1-3-18(4-2)14(20)11-21-15-13(16)10-19(17-15)12-8-6-5-7-9-12/h5-10H,3-4,11H2,1-2H3. The number of nitrogens with zero attached hydrogens (tertiary/aromatic N) is 3. The molecule has 0 fully saturated rings. The normalized spacial score (nSPS) is 10.4. The van der Waals surface area contributed by atoms with Gasteiger partial charge in [-0.05, 0) is 26.0 Å². The van der Waals surface area contributed by atoms with Gasteiger partial charge in [0.1, 0.15) is 5.02 Å². The third-order valence-corrected chi connectivity index (χ3v) is 3.37. The van der Waals surface area contributed by atoms with Crippen molar-refractivity contribution in [3.63, 3.8) is 0 Å². The Morgan fingerprint density at radius 3 is 2.57 bits per heavy atom. The Bertz CT molecular complexity index is 594. The number of benzene rings is 1. The molecule has 0 N–H and O–H groups in total. The first-order chi connectivity index (χ1) is 10.2. The zero-order chi connectivity index (χ0) is 15.2. The van der Waals surface area contributed by atoms with Crippen molar-refractivity contribution < 1.29 is 9.53 Å². The minimum Gasteiger partial charge on any atom is -0.465 e. The van der Waals surface area contributed by atoms with E-state index in [0.29, 0.717) is 18.1 Å². The van der Waals surface area contributed by atoms with Gasteiger partial charge >= 0.3 is 0 Å². The third-order valence-electron chi connectivity index (χ3n) is 3.11. The predicted octanol–water partition coefficient (Wildman–Crippen LogP) is 2.77. The zero-order valence-corrected chi connectivity index (χ0v) is 12.9. The summed E-state index contributed by atoms with van der Waals surface area (Å²) in [6.07, 6.45) is 1.66. The van der Waals surface area contributed by atoms with Crippen molar-refractivity contribution in [2.24, 2.45) is 0 Å². The van der Waals surface area contributed by atoms with Gasteiger partial charge in [-0.25, -0.2) is 4.68 Å². The summed E-state index contributed by atoms with van der Waals surface area (Å²) in [5.41, 5.74) is 0.879. The molecule has 6 heteroatoms. The lowest BCUT2D eigenvalue weighted by molar-refractivity contribution is -0.133. The van der Waals surface area contributed by atoms with E-state index in [1.54, 1.807) is 15.8 Å². The fourth-order valence-corrected chi connectivity index (χ4v) is 2.13. The van der Waals surface area contributed by atoms with E-state index in [0.717, 1.165) is 5.69 Å². The molecule has 0 saturated heterocycles. The molecule has 0 radical (unpaired) electrons. The van der Waals surface area contributed by atoms with Crippen LogP contribution in [0.4, 0.5) is 0 Å². The molecule has 2 rings (SSSR count). The number of hydrogen-bond donors (Lipinski definition) is 0. The number of amides is 1. The first-order valence-corrected chi connectivity index (χ1v) is 7.24. The highest BCUT2D eigenvalue weighted by Gasteiger charge is 2.14. The van der Waals surface area contributed by atoms with Crippen molar-refractivity contribution in [2.75, 3.05) is 19.7 Å². The molecule has 0 aliphatic carbocycles. The molecular formula is C15H18ClN3O2. The van der Waals surface area contributed by atoms with Crippen LogP contribution in [0, 0.1) is 0 Å². The number of aromatic nitrogens is 2. The average molecular weight is 308 g/mol. The maximum absolute atomic E-state index is 11.9. The molecule has 21 heavy (non-hydrogen) atoms. The third kappa shape index (κ3) is 3.76. The molecule has 0 atom stereocenters. The Labute approximate surface area is 129 Å². The molecule has 5 nitrogen and oxygen atoms in total. The second kappa shape index (κ2) is 7.13. The molecule has 0 aliphatic rings. The van der Waals surface area contributed by atoms with Gasteiger partial charge in [0.25, 0.3) is 11.8 Å². The molecular weight excluding hydrogens is 290 g/mol. The van der Waals surface area contributed by atoms with Gasteiger partial charge in [-0.1, -0.05) is 29.8 Å². The summed E-state index contributed by atoms with van der Waals surface area (Å²) in [7, 11) is 0. The van der Waals surface area contributed by atoms with E-state index in [2.05, 4.69) is 5.10 Å². The SMILES string of the molecule is CCN(CC)C(=O)COc1nn(-c2ccccc2)cc1Cl. The van der Waals surface area contributed by atoms with Crippen LogP contribution >= 0.6 is 11.6 Å². The van der Waals surface area contributed by atoms with Gasteiger partial charge in [-0.2, -0.15) is 0 Å². The number of halogens is 1. The fourth-order valence-electron chi connectivity index (χ4n) is 1.95. The van der Waals surface area contributed by atoms with E-state index in [1.807, 2.05) is 44.2 Å². The fraction of sp³-hybridized carbons (Fsp3) is 0.333. The van der Waals surface area contributed by atoms with Gasteiger partial charge in [0.2, 0.25) is 0 Å². The summed E-state index contributed by atoms with van der Waals surface area (Å²) in [6.45, 7) is 5.11. The molecule has 0 spiro atoms. The topological polar surface area (TPSA) is 47.4 Å². The van der Waals surface area contributed by atoms with E-state index in [1.165, 1.54) is 0 Å². The van der Waals surface area contributed by atoms with Gasteiger partial charge in [-0.3, -0.25) is 4.79 Å². The largest absolute Gasteiger partial charge is 0.465 e. The van der Waals surface area contributed by atoms with Crippen LogP contribution < -0.4 is 4.74 Å². The van der Waals surface area contributed by atoms with Crippen LogP contribution in [0.3, 0.4) is 0 Å². The summed E-state index contributed by atoms with van der Waals surface area (Å²) in [5, 5.41) is 4.64. The van der Waals surface area contributed by atoms with Crippen LogP contribution in [0.2, 0.25) is 5.02 Å². The molecule has 0 saturated carbocycles. The average Bonchev–Trinajstić information content (AvgIpc) is 2.88. The maximum atomic E-state index is 11.9. The molecule has 1 heterocycles. The molecule has 1 amide bonds. The summed E-state index contributed by atoms with van der Waals surface area (Å²) >= 11 is 6.09. The quantitative estimate of drug-likeness (QED) is 0.824. The number of para-hydroxylation sites is 1. The van der Waals surface area contributed by atoms with Crippen molar-refractivity contribution in [3.8, 4) is 11.6 Å². The maximum Gasteiger partial charge on any atom is 0.260 e. The van der Waals surface area contributed by atoms with Gasteiger partial charge in [-0.15, -0.1) is 5.10 Å². The molecule has 0 aliphatic heterocycles. The first kappa shape index (κ1) is 15.4. The first-order valence-electron chi connectivity index (χ1n) is 6.86. The number of ether oxygens (including phenoxy) is 1. The summed E-state index contributed by atoms with van der Waals surface area (Å²) < 4.78 is 7.05. The molecule has 1 aromatic heterocycles. The summed E-state index contributed by atoms with van der Waals surface area (Å²) in [5.74, 6) is 0.186. The second-order valence-electron chi connectivity index (χ2n) is 4.42. The van der Waals surface area contributed by atoms with Crippen LogP contribution in [0.1, 0.15) is 13.8 Å². The lowest BCUT2D eigenvalue weighted by atomic mass is 10.3. The van der Waals surface area contributed by atoms with E-state index in [4.69, 9.17) is 16.3 Å². The van der Waals surface area contributed by atoms with Crippen LogP contribution in [-0.2, 0) is 4.79 Å². The Balaban J connectivity index is 2.05. The minimum atomic E-state index is -0.0784. The predicted molar refractivity (Wildman–Crippen MR) is 82.0 cm³/mol. The molecule has 0 bridgehead atoms. The monoisotopic (exact) mass is 307 g/mol. The molecule has 0 unspecified atom stereocenters. The second-order valence-corrected chi connectivity index (χ2v) is 4.82. The Morgan fingerprint density at radius 2 is 1.95 bits per heavy atom. The highest BCUT2D eigenvalue weighted by atomic mass is 35.5. The van der Waals surface area contributed by atoms with Gasteiger partial charge in [0.15, 0.2) is 6.61 Å². The van der Waals surface area contributed by atoms with E-state index in [9.17, 15) is 4.79 Å². The number of hydrogen-bond acceptors (Lipinski definition) is 3. The van der Waals surface area contributed by atoms with E-state index < -0.39 is 0 Å². The van der Waals surface area contributed by atoms with Crippen LogP contribution in [-0.4, -0.2) is 40.3 Å². The summed E-state index contributed by atoms with van der Waals surface area (Å²) in [4.78, 5) is 13.6. The lowest BCUT2D eigenvalue weighted by Crippen LogP contribution is -2.34. The van der Waals surface area contributed by atoms with Crippen molar-refractivity contribution in [1.29, 1.82) is 0 Å². The van der Waals surface area contributed by atoms with Gasteiger partial charge in [0.05, 0.1) is 11.9 Å². The lowest BCUT2D eigenvalue weighted by Gasteiger charge is -2.18. The summed E-state index contributed by atoms with van der Waals surface area (Å²) in [6, 6.07) is 9.57. The highest BCUT2D eigenvalue weighted by Crippen LogP contribution is 2.23. The Kier molecular flexibility index (Phi) is 5.22. The number of carbonyl (C=O) groups excluding carboxylic acids is 1. The number of rotatable bonds is 6. The van der Waals surface area contributed by atoms with Crippen molar-refractivity contribution in [1.82, 2.24) is 14.7 Å². The molecule has 1 aromatic carbocycles. The highest BCUT2D eigenvalue weighted by molar-refractivity contribution is 6.31. The Morgan fingerprint density at radius 1 is 1.29 bits per heavy atom. The molecule has 2 aromatic rings. The Hall–Kier alpha value is -2.01. The number of carbonyl (C=O) groups is 1. The van der Waals surface area contributed by atoms with Crippen molar-refractivity contribution in [3.05, 3.63) is 41.6 Å². The smallest absolute Gasteiger partial charge is 0.260 e. The zero-order valence-electron chi connectivity index (χ0n) is 12.1. The van der Waals surface area contributed by atoms with Crippen LogP contribution in [0.15, 0.2) is 36.5 Å². The van der Waals surface area contributed by atoms with E-state index >= 15 is 0 Å². The van der Waals surface area contributed by atoms with Crippen LogP contribution in [0.5, 0.6) is 5.88 Å². The van der Waals surface area contributed by atoms with E-state index in [-0.39, 0.29) is 18.4 Å².